The third-order valence-corrected chi connectivity index (χ3v) is 4.28. The Morgan fingerprint density at radius 2 is 2.42 bits per heavy atom. The second-order valence-electron chi connectivity index (χ2n) is 4.70. The number of hydrogen-bond acceptors (Lipinski definition) is 5. The molecule has 1 unspecified atom stereocenters. The minimum atomic E-state index is -0.376. The summed E-state index contributed by atoms with van der Waals surface area (Å²) in [5.41, 5.74) is 0. The Bertz CT molecular complexity index is 430. The lowest BCUT2D eigenvalue weighted by Gasteiger charge is -2.28. The van der Waals surface area contributed by atoms with E-state index in [1.807, 2.05) is 13.8 Å². The van der Waals surface area contributed by atoms with E-state index in [1.54, 1.807) is 17.5 Å². The number of rotatable bonds is 3. The first-order chi connectivity index (χ1) is 9.04. The van der Waals surface area contributed by atoms with Crippen molar-refractivity contribution < 1.29 is 14.3 Å². The minimum Gasteiger partial charge on any atom is -0.447 e. The molecular formula is C12H17BrN2O3S. The van der Waals surface area contributed by atoms with Crippen LogP contribution in [0.15, 0.2) is 9.98 Å². The van der Waals surface area contributed by atoms with Crippen LogP contribution in [0.3, 0.4) is 0 Å². The van der Waals surface area contributed by atoms with Gasteiger partial charge in [-0.1, -0.05) is 0 Å². The summed E-state index contributed by atoms with van der Waals surface area (Å²) in [5.74, 6) is 0. The summed E-state index contributed by atoms with van der Waals surface area (Å²) < 4.78 is 11.8. The number of aromatic nitrogens is 1. The van der Waals surface area contributed by atoms with Crippen LogP contribution >= 0.6 is 27.3 Å². The van der Waals surface area contributed by atoms with E-state index in [2.05, 4.69) is 26.2 Å². The number of halogens is 1. The fraction of sp³-hybridized carbons (Fsp3) is 0.667. The quantitative estimate of drug-likeness (QED) is 0.910. The van der Waals surface area contributed by atoms with Gasteiger partial charge in [0.05, 0.1) is 28.7 Å². The zero-order valence-electron chi connectivity index (χ0n) is 10.9. The van der Waals surface area contributed by atoms with E-state index in [0.29, 0.717) is 6.61 Å². The number of alkyl carbamates (subject to hydrolysis) is 1. The monoisotopic (exact) mass is 348 g/mol. The Morgan fingerprint density at radius 1 is 1.63 bits per heavy atom. The molecule has 7 heteroatoms. The Kier molecular flexibility index (Phi) is 5.18. The molecule has 1 fully saturated rings. The predicted octanol–water partition coefficient (Wildman–Crippen LogP) is 3.26. The van der Waals surface area contributed by atoms with Crippen LogP contribution in [0.4, 0.5) is 4.79 Å². The molecule has 1 aliphatic rings. The molecule has 19 heavy (non-hydrogen) atoms. The first kappa shape index (κ1) is 14.7. The van der Waals surface area contributed by atoms with Crippen molar-refractivity contribution >= 4 is 33.4 Å². The van der Waals surface area contributed by atoms with Gasteiger partial charge in [-0.2, -0.15) is 0 Å². The summed E-state index contributed by atoms with van der Waals surface area (Å²) in [7, 11) is 0. The van der Waals surface area contributed by atoms with Gasteiger partial charge in [0.2, 0.25) is 0 Å². The molecule has 1 aliphatic heterocycles. The average Bonchev–Trinajstić information content (AvgIpc) is 2.75. The molecular weight excluding hydrogens is 332 g/mol. The average molecular weight is 349 g/mol. The molecule has 1 amide bonds. The molecule has 0 saturated carbocycles. The van der Waals surface area contributed by atoms with E-state index in [9.17, 15) is 4.79 Å². The molecule has 1 aromatic rings. The number of nitrogens with one attached hydrogen (secondary N) is 1. The third kappa shape index (κ3) is 4.43. The number of nitrogens with zero attached hydrogens (tertiary/aromatic N) is 1. The summed E-state index contributed by atoms with van der Waals surface area (Å²) in [6.45, 7) is 4.15. The smallest absolute Gasteiger partial charge is 0.407 e. The number of carbonyl (C=O) groups is 1. The Hall–Kier alpha value is -0.660. The molecule has 1 saturated heterocycles. The third-order valence-electron chi connectivity index (χ3n) is 2.71. The number of thiazole rings is 1. The Balaban J connectivity index is 1.78. The van der Waals surface area contributed by atoms with Crippen LogP contribution in [-0.2, 0) is 9.47 Å². The maximum Gasteiger partial charge on any atom is 0.407 e. The zero-order chi connectivity index (χ0) is 13.8. The summed E-state index contributed by atoms with van der Waals surface area (Å²) in [6.07, 6.45) is 3.06. The second kappa shape index (κ2) is 6.67. The van der Waals surface area contributed by atoms with Gasteiger partial charge in [-0.05, 0) is 42.6 Å². The van der Waals surface area contributed by atoms with Crippen molar-refractivity contribution in [2.45, 2.75) is 44.9 Å². The van der Waals surface area contributed by atoms with Crippen LogP contribution in [0.5, 0.6) is 0 Å². The van der Waals surface area contributed by atoms with Crippen molar-refractivity contribution in [3.8, 4) is 0 Å². The van der Waals surface area contributed by atoms with Gasteiger partial charge in [-0.3, -0.25) is 0 Å². The summed E-state index contributed by atoms with van der Waals surface area (Å²) in [5, 5.41) is 3.80. The van der Waals surface area contributed by atoms with Gasteiger partial charge in [0, 0.05) is 0 Å². The molecule has 2 atom stereocenters. The van der Waals surface area contributed by atoms with E-state index < -0.39 is 0 Å². The number of ether oxygens (including phenoxy) is 2. The topological polar surface area (TPSA) is 60.5 Å². The van der Waals surface area contributed by atoms with Crippen LogP contribution in [0, 0.1) is 0 Å². The van der Waals surface area contributed by atoms with Crippen molar-refractivity contribution in [3.63, 3.8) is 0 Å². The molecule has 0 spiro atoms. The Labute approximate surface area is 124 Å². The van der Waals surface area contributed by atoms with E-state index in [1.165, 1.54) is 0 Å². The molecule has 1 N–H and O–H groups in total. The van der Waals surface area contributed by atoms with Crippen molar-refractivity contribution in [1.29, 1.82) is 0 Å². The van der Waals surface area contributed by atoms with Gasteiger partial charge >= 0.3 is 6.09 Å². The van der Waals surface area contributed by atoms with E-state index in [0.717, 1.165) is 21.6 Å². The van der Waals surface area contributed by atoms with Crippen LogP contribution in [-0.4, -0.2) is 29.8 Å². The van der Waals surface area contributed by atoms with Gasteiger partial charge < -0.3 is 14.8 Å². The normalized spacial score (nSPS) is 23.4. The highest BCUT2D eigenvalue weighted by Crippen LogP contribution is 2.32. The molecule has 0 aromatic carbocycles. The Morgan fingerprint density at radius 3 is 2.95 bits per heavy atom. The molecule has 106 valence electrons. The number of carbonyl (C=O) groups excluding carboxylic acids is 1. The van der Waals surface area contributed by atoms with Crippen LogP contribution in [0.1, 0.15) is 37.8 Å². The van der Waals surface area contributed by atoms with Crippen LogP contribution < -0.4 is 5.32 Å². The van der Waals surface area contributed by atoms with E-state index in [4.69, 9.17) is 9.47 Å². The van der Waals surface area contributed by atoms with Crippen molar-refractivity contribution in [3.05, 3.63) is 15.0 Å². The van der Waals surface area contributed by atoms with Gasteiger partial charge in [0.25, 0.3) is 0 Å². The molecule has 0 bridgehead atoms. The first-order valence-electron chi connectivity index (χ1n) is 6.24. The molecule has 0 aliphatic carbocycles. The lowest BCUT2D eigenvalue weighted by atomic mass is 10.1. The largest absolute Gasteiger partial charge is 0.447 e. The highest BCUT2D eigenvalue weighted by Gasteiger charge is 2.26. The van der Waals surface area contributed by atoms with Gasteiger partial charge in [0.1, 0.15) is 11.1 Å². The molecule has 5 nitrogen and oxygen atoms in total. The lowest BCUT2D eigenvalue weighted by molar-refractivity contribution is -0.00533. The van der Waals surface area contributed by atoms with Crippen LogP contribution in [0.2, 0.25) is 0 Å². The van der Waals surface area contributed by atoms with Crippen molar-refractivity contribution in [2.75, 3.05) is 6.61 Å². The number of hydrogen-bond donors (Lipinski definition) is 1. The summed E-state index contributed by atoms with van der Waals surface area (Å²) in [4.78, 5) is 15.8. The second-order valence-corrected chi connectivity index (χ2v) is 7.14. The molecule has 0 radical (unpaired) electrons. The van der Waals surface area contributed by atoms with E-state index >= 15 is 0 Å². The van der Waals surface area contributed by atoms with Gasteiger partial charge in [0.15, 0.2) is 0 Å². The lowest BCUT2D eigenvalue weighted by Crippen LogP contribution is -2.42. The van der Waals surface area contributed by atoms with Crippen molar-refractivity contribution in [1.82, 2.24) is 10.3 Å². The summed E-state index contributed by atoms with van der Waals surface area (Å²) in [6, 6.07) is 0.0194. The fourth-order valence-electron chi connectivity index (χ4n) is 1.89. The molecule has 1 aromatic heterocycles. The van der Waals surface area contributed by atoms with E-state index in [-0.39, 0.29) is 24.3 Å². The van der Waals surface area contributed by atoms with Crippen LogP contribution in [0.25, 0.3) is 0 Å². The predicted molar refractivity (Wildman–Crippen MR) is 76.3 cm³/mol. The SMILES string of the molecule is CC(C)OC(=O)NC1CC[C@@H](c2ncc(Br)s2)OC1. The highest BCUT2D eigenvalue weighted by atomic mass is 79.9. The maximum absolute atomic E-state index is 11.5. The first-order valence-corrected chi connectivity index (χ1v) is 7.85. The van der Waals surface area contributed by atoms with Crippen molar-refractivity contribution in [2.24, 2.45) is 0 Å². The molecule has 2 rings (SSSR count). The summed E-state index contributed by atoms with van der Waals surface area (Å²) >= 11 is 4.98. The van der Waals surface area contributed by atoms with Gasteiger partial charge in [-0.15, -0.1) is 11.3 Å². The number of amides is 1. The highest BCUT2D eigenvalue weighted by molar-refractivity contribution is 9.11. The zero-order valence-corrected chi connectivity index (χ0v) is 13.3. The minimum absolute atomic E-state index is 0.0194. The molecule has 2 heterocycles. The van der Waals surface area contributed by atoms with Gasteiger partial charge in [-0.25, -0.2) is 9.78 Å². The standard InChI is InChI=1S/C12H17BrN2O3S/c1-7(2)18-12(16)15-8-3-4-9(17-6-8)11-14-5-10(13)19-11/h5,7-9H,3-4,6H2,1-2H3,(H,15,16)/t8?,9-/m0/s1. The fourth-order valence-corrected chi connectivity index (χ4v) is 3.22. The maximum atomic E-state index is 11.5.